The molecule has 0 aliphatic heterocycles. The first kappa shape index (κ1) is 13.5. The van der Waals surface area contributed by atoms with E-state index in [9.17, 15) is 4.79 Å². The van der Waals surface area contributed by atoms with E-state index < -0.39 is 18.6 Å². The van der Waals surface area contributed by atoms with E-state index >= 15 is 0 Å². The van der Waals surface area contributed by atoms with Gasteiger partial charge >= 0.3 is 13.1 Å². The summed E-state index contributed by atoms with van der Waals surface area (Å²) in [7, 11) is -1.31. The lowest BCUT2D eigenvalue weighted by Crippen LogP contribution is -2.56. The van der Waals surface area contributed by atoms with Crippen LogP contribution in [0.5, 0.6) is 0 Å². The fraction of sp³-hybridized carbons (Fsp3) is 0.900. The van der Waals surface area contributed by atoms with Gasteiger partial charge in [-0.1, -0.05) is 19.8 Å². The fourth-order valence-electron chi connectivity index (χ4n) is 2.45. The van der Waals surface area contributed by atoms with Gasteiger partial charge in [-0.05, 0) is 31.0 Å². The van der Waals surface area contributed by atoms with Gasteiger partial charge in [0.05, 0.1) is 0 Å². The van der Waals surface area contributed by atoms with E-state index in [2.05, 4.69) is 0 Å². The molecule has 3 unspecified atom stereocenters. The monoisotopic (exact) mass is 229 g/mol. The summed E-state index contributed by atoms with van der Waals surface area (Å²) < 4.78 is 0. The maximum Gasteiger partial charge on any atom is 0.451 e. The molecule has 0 amide bonds. The summed E-state index contributed by atoms with van der Waals surface area (Å²) in [5, 5.41) is 26.7. The summed E-state index contributed by atoms with van der Waals surface area (Å²) in [5.74, 6) is -0.798. The van der Waals surface area contributed by atoms with Gasteiger partial charge < -0.3 is 20.9 Å². The molecular formula is C10H20BNO4. The first-order chi connectivity index (χ1) is 7.36. The van der Waals surface area contributed by atoms with Gasteiger partial charge in [0.1, 0.15) is 5.54 Å². The van der Waals surface area contributed by atoms with Crippen molar-refractivity contribution in [1.29, 1.82) is 0 Å². The molecule has 1 aliphatic carbocycles. The molecular weight excluding hydrogens is 209 g/mol. The number of carboxylic acids is 1. The van der Waals surface area contributed by atoms with E-state index in [1.165, 1.54) is 0 Å². The minimum Gasteiger partial charge on any atom is -0.480 e. The number of aliphatic carboxylic acids is 1. The number of nitrogens with two attached hydrogens (primary N) is 1. The van der Waals surface area contributed by atoms with Gasteiger partial charge in [0.2, 0.25) is 0 Å². The van der Waals surface area contributed by atoms with Gasteiger partial charge in [0, 0.05) is 0 Å². The highest BCUT2D eigenvalue weighted by molar-refractivity contribution is 6.40. The molecule has 0 bridgehead atoms. The third kappa shape index (κ3) is 2.96. The molecule has 3 atom stereocenters. The van der Waals surface area contributed by atoms with Gasteiger partial charge in [0.15, 0.2) is 0 Å². The summed E-state index contributed by atoms with van der Waals surface area (Å²) in [5.41, 5.74) is 4.77. The molecule has 5 N–H and O–H groups in total. The minimum atomic E-state index is -1.31. The van der Waals surface area contributed by atoms with Crippen molar-refractivity contribution in [2.24, 2.45) is 17.6 Å². The summed E-state index contributed by atoms with van der Waals surface area (Å²) in [4.78, 5) is 11.1. The van der Waals surface area contributed by atoms with Crippen molar-refractivity contribution in [2.75, 3.05) is 0 Å². The molecule has 5 nitrogen and oxygen atoms in total. The Morgan fingerprint density at radius 1 is 1.50 bits per heavy atom. The highest BCUT2D eigenvalue weighted by Gasteiger charge is 2.44. The number of carboxylic acid groups (broad SMARTS) is 1. The predicted octanol–water partition coefficient (Wildman–Crippen LogP) is 0.0676. The van der Waals surface area contributed by atoms with Crippen LogP contribution < -0.4 is 5.73 Å². The summed E-state index contributed by atoms with van der Waals surface area (Å²) in [6.45, 7) is 1.87. The van der Waals surface area contributed by atoms with Crippen molar-refractivity contribution in [1.82, 2.24) is 0 Å². The number of carbonyl (C=O) groups is 1. The van der Waals surface area contributed by atoms with Crippen molar-refractivity contribution in [3.05, 3.63) is 0 Å². The van der Waals surface area contributed by atoms with Crippen LogP contribution in [0.2, 0.25) is 6.32 Å². The van der Waals surface area contributed by atoms with Gasteiger partial charge in [-0.3, -0.25) is 4.79 Å². The lowest BCUT2D eigenvalue weighted by atomic mass is 9.67. The van der Waals surface area contributed by atoms with Crippen molar-refractivity contribution in [3.8, 4) is 0 Å². The topological polar surface area (TPSA) is 104 Å². The standard InChI is InChI=1S/C10H20BNO4/c1-7-2-3-8(4-5-11(15)16)6-10(7,12)9(13)14/h7-8,15-16H,2-6,12H2,1H3,(H,13,14). The molecule has 16 heavy (non-hydrogen) atoms. The van der Waals surface area contributed by atoms with Gasteiger partial charge in [0.25, 0.3) is 0 Å². The van der Waals surface area contributed by atoms with Crippen LogP contribution >= 0.6 is 0 Å². The fourth-order valence-corrected chi connectivity index (χ4v) is 2.45. The largest absolute Gasteiger partial charge is 0.480 e. The molecule has 1 aliphatic rings. The Labute approximate surface area is 95.8 Å². The van der Waals surface area contributed by atoms with Crippen molar-refractivity contribution in [2.45, 2.75) is 44.5 Å². The average Bonchev–Trinajstić information content (AvgIpc) is 2.19. The van der Waals surface area contributed by atoms with E-state index in [1.807, 2.05) is 6.92 Å². The Balaban J connectivity index is 2.57. The number of hydrogen-bond acceptors (Lipinski definition) is 4. The van der Waals surface area contributed by atoms with Crippen molar-refractivity contribution < 1.29 is 19.9 Å². The third-order valence-corrected chi connectivity index (χ3v) is 3.75. The molecule has 6 heteroatoms. The molecule has 0 radical (unpaired) electrons. The molecule has 0 aromatic heterocycles. The van der Waals surface area contributed by atoms with Gasteiger partial charge in [-0.15, -0.1) is 0 Å². The van der Waals surface area contributed by atoms with Crippen molar-refractivity contribution in [3.63, 3.8) is 0 Å². The van der Waals surface area contributed by atoms with E-state index in [4.69, 9.17) is 20.9 Å². The SMILES string of the molecule is CC1CCC(CCB(O)O)CC1(N)C(=O)O. The van der Waals surface area contributed by atoms with E-state index in [1.54, 1.807) is 0 Å². The Morgan fingerprint density at radius 2 is 2.12 bits per heavy atom. The first-order valence-electron chi connectivity index (χ1n) is 5.74. The molecule has 0 heterocycles. The van der Waals surface area contributed by atoms with Crippen LogP contribution in [-0.4, -0.2) is 33.8 Å². The highest BCUT2D eigenvalue weighted by atomic mass is 16.4. The maximum absolute atomic E-state index is 11.1. The van der Waals surface area contributed by atoms with Gasteiger partial charge in [-0.25, -0.2) is 0 Å². The van der Waals surface area contributed by atoms with Crippen LogP contribution in [0.25, 0.3) is 0 Å². The zero-order chi connectivity index (χ0) is 12.3. The second-order valence-electron chi connectivity index (χ2n) is 4.95. The minimum absolute atomic E-state index is 0.0275. The van der Waals surface area contributed by atoms with Crippen LogP contribution in [-0.2, 0) is 4.79 Å². The first-order valence-corrected chi connectivity index (χ1v) is 5.74. The smallest absolute Gasteiger partial charge is 0.451 e. The Hall–Kier alpha value is -0.585. The number of hydrogen-bond donors (Lipinski definition) is 4. The van der Waals surface area contributed by atoms with Crippen LogP contribution in [0.3, 0.4) is 0 Å². The third-order valence-electron chi connectivity index (χ3n) is 3.75. The maximum atomic E-state index is 11.1. The quantitative estimate of drug-likeness (QED) is 0.510. The van der Waals surface area contributed by atoms with E-state index in [0.29, 0.717) is 12.8 Å². The Morgan fingerprint density at radius 3 is 2.62 bits per heavy atom. The molecule has 0 saturated heterocycles. The summed E-state index contributed by atoms with van der Waals surface area (Å²) >= 11 is 0. The average molecular weight is 229 g/mol. The normalized spacial score (nSPS) is 34.8. The Bertz CT molecular complexity index is 261. The molecule has 92 valence electrons. The summed E-state index contributed by atoms with van der Waals surface area (Å²) in [6, 6.07) is 0. The van der Waals surface area contributed by atoms with E-state index in [-0.39, 0.29) is 18.2 Å². The Kier molecular flexibility index (Phi) is 4.35. The van der Waals surface area contributed by atoms with Crippen LogP contribution in [0.15, 0.2) is 0 Å². The molecule has 1 saturated carbocycles. The zero-order valence-electron chi connectivity index (χ0n) is 9.59. The molecule has 0 aromatic carbocycles. The zero-order valence-corrected chi connectivity index (χ0v) is 9.59. The van der Waals surface area contributed by atoms with E-state index in [0.717, 1.165) is 12.8 Å². The lowest BCUT2D eigenvalue weighted by molar-refractivity contribution is -0.147. The predicted molar refractivity (Wildman–Crippen MR) is 60.7 cm³/mol. The van der Waals surface area contributed by atoms with Crippen LogP contribution in [0, 0.1) is 11.8 Å². The molecule has 0 aromatic rings. The van der Waals surface area contributed by atoms with Crippen LogP contribution in [0.4, 0.5) is 0 Å². The second kappa shape index (κ2) is 5.16. The van der Waals surface area contributed by atoms with Crippen LogP contribution in [0.1, 0.15) is 32.6 Å². The molecule has 0 spiro atoms. The molecule has 1 fully saturated rings. The van der Waals surface area contributed by atoms with Crippen molar-refractivity contribution >= 4 is 13.1 Å². The molecule has 1 rings (SSSR count). The lowest BCUT2D eigenvalue weighted by Gasteiger charge is -2.39. The summed E-state index contributed by atoms with van der Waals surface area (Å²) in [6.07, 6.45) is 3.04. The van der Waals surface area contributed by atoms with Gasteiger partial charge in [-0.2, -0.15) is 0 Å². The number of rotatable bonds is 4. The highest BCUT2D eigenvalue weighted by Crippen LogP contribution is 2.37. The second-order valence-corrected chi connectivity index (χ2v) is 4.95.